The predicted octanol–water partition coefficient (Wildman–Crippen LogP) is 2.85. The van der Waals surface area contributed by atoms with Gasteiger partial charge in [0.2, 0.25) is 0 Å². The van der Waals surface area contributed by atoms with E-state index in [2.05, 4.69) is 30.2 Å². The molecule has 0 fully saturated rings. The van der Waals surface area contributed by atoms with Gasteiger partial charge in [-0.05, 0) is 36.3 Å². The molecular formula is C18H25N3O2S. The molecule has 1 aliphatic carbocycles. The van der Waals surface area contributed by atoms with Crippen LogP contribution < -0.4 is 11.3 Å². The third kappa shape index (κ3) is 3.01. The Morgan fingerprint density at radius 2 is 2.29 bits per heavy atom. The van der Waals surface area contributed by atoms with Crippen LogP contribution in [0.2, 0.25) is 0 Å². The maximum absolute atomic E-state index is 12.0. The highest BCUT2D eigenvalue weighted by atomic mass is 32.1. The van der Waals surface area contributed by atoms with Crippen molar-refractivity contribution in [2.24, 2.45) is 11.3 Å². The topological polar surface area (TPSA) is 78.6 Å². The summed E-state index contributed by atoms with van der Waals surface area (Å²) >= 11 is 1.67. The number of thiophene rings is 1. The third-order valence-electron chi connectivity index (χ3n) is 5.02. The lowest BCUT2D eigenvalue weighted by Gasteiger charge is -2.32. The summed E-state index contributed by atoms with van der Waals surface area (Å²) in [6, 6.07) is -0.0526. The van der Waals surface area contributed by atoms with Crippen molar-refractivity contribution < 1.29 is 9.90 Å². The predicted molar refractivity (Wildman–Crippen MR) is 97.0 cm³/mol. The van der Waals surface area contributed by atoms with Crippen LogP contribution in [-0.2, 0) is 12.8 Å². The molecule has 2 heterocycles. The highest BCUT2D eigenvalue weighted by Gasteiger charge is 2.35. The van der Waals surface area contributed by atoms with Crippen LogP contribution in [0.3, 0.4) is 0 Å². The summed E-state index contributed by atoms with van der Waals surface area (Å²) in [4.78, 5) is 16.3. The fourth-order valence-electron chi connectivity index (χ4n) is 3.63. The zero-order chi connectivity index (χ0) is 17.5. The highest BCUT2D eigenvalue weighted by Crippen LogP contribution is 2.45. The van der Waals surface area contributed by atoms with Crippen molar-refractivity contribution in [3.8, 4) is 0 Å². The van der Waals surface area contributed by atoms with Gasteiger partial charge in [-0.3, -0.25) is 11.3 Å². The van der Waals surface area contributed by atoms with Crippen LogP contribution in [0.4, 0.5) is 0 Å². The van der Waals surface area contributed by atoms with E-state index >= 15 is 0 Å². The molecule has 6 heteroatoms. The van der Waals surface area contributed by atoms with Gasteiger partial charge in [-0.25, -0.2) is 4.79 Å². The molecule has 24 heavy (non-hydrogen) atoms. The Bertz CT molecular complexity index is 718. The van der Waals surface area contributed by atoms with Crippen molar-refractivity contribution >= 4 is 17.3 Å². The number of carboxylic acids is 1. The van der Waals surface area contributed by atoms with Crippen LogP contribution in [0.1, 0.15) is 52.0 Å². The van der Waals surface area contributed by atoms with Gasteiger partial charge in [0, 0.05) is 29.0 Å². The summed E-state index contributed by atoms with van der Waals surface area (Å²) in [5.41, 5.74) is 5.46. The van der Waals surface area contributed by atoms with E-state index in [0.717, 1.165) is 35.4 Å². The second-order valence-electron chi connectivity index (χ2n) is 7.37. The summed E-state index contributed by atoms with van der Waals surface area (Å²) in [6.45, 7) is 5.00. The number of rotatable bonds is 4. The number of nitrogens with zero attached hydrogens (tertiary/aromatic N) is 1. The van der Waals surface area contributed by atoms with Gasteiger partial charge in [-0.15, -0.1) is 11.3 Å². The van der Waals surface area contributed by atoms with Gasteiger partial charge in [0.25, 0.3) is 0 Å². The number of nitrogens with two attached hydrogens (primary N) is 1. The normalized spacial score (nSPS) is 22.2. The van der Waals surface area contributed by atoms with Gasteiger partial charge in [0.15, 0.2) is 0 Å². The Hall–Kier alpha value is -1.63. The molecule has 1 unspecified atom stereocenters. The average Bonchev–Trinajstić information content (AvgIpc) is 2.86. The Kier molecular flexibility index (Phi) is 4.55. The zero-order valence-electron chi connectivity index (χ0n) is 14.4. The smallest absolute Gasteiger partial charge is 0.337 e. The molecular weight excluding hydrogens is 322 g/mol. The molecule has 0 aromatic carbocycles. The van der Waals surface area contributed by atoms with Gasteiger partial charge >= 0.3 is 5.97 Å². The summed E-state index contributed by atoms with van der Waals surface area (Å²) < 4.78 is 0. The Balaban J connectivity index is 2.03. The van der Waals surface area contributed by atoms with Crippen LogP contribution in [0.5, 0.6) is 0 Å². The van der Waals surface area contributed by atoms with Crippen molar-refractivity contribution in [1.29, 1.82) is 0 Å². The number of nitrogens with one attached hydrogen (secondary N) is 1. The van der Waals surface area contributed by atoms with Crippen LogP contribution >= 0.6 is 11.3 Å². The summed E-state index contributed by atoms with van der Waals surface area (Å²) in [6.07, 6.45) is 8.99. The molecule has 3 rings (SSSR count). The molecule has 0 bridgehead atoms. The Morgan fingerprint density at radius 1 is 1.54 bits per heavy atom. The number of carbonyl (C=O) groups is 1. The van der Waals surface area contributed by atoms with Crippen LogP contribution in [0, 0.1) is 5.41 Å². The fourth-order valence-corrected chi connectivity index (χ4v) is 5.07. The van der Waals surface area contributed by atoms with Crippen molar-refractivity contribution in [2.45, 2.75) is 39.2 Å². The van der Waals surface area contributed by atoms with E-state index in [-0.39, 0.29) is 11.5 Å². The summed E-state index contributed by atoms with van der Waals surface area (Å²) in [5.74, 6) is 4.65. The van der Waals surface area contributed by atoms with Crippen LogP contribution in [0.25, 0.3) is 0 Å². The molecule has 0 spiro atoms. The molecule has 0 radical (unpaired) electrons. The lowest BCUT2D eigenvalue weighted by Crippen LogP contribution is -2.34. The second-order valence-corrected chi connectivity index (χ2v) is 8.51. The lowest BCUT2D eigenvalue weighted by atomic mass is 9.76. The molecule has 0 saturated carbocycles. The number of hydrazine groups is 1. The molecule has 1 aliphatic heterocycles. The van der Waals surface area contributed by atoms with Crippen molar-refractivity contribution in [3.63, 3.8) is 0 Å². The first kappa shape index (κ1) is 17.2. The summed E-state index contributed by atoms with van der Waals surface area (Å²) in [5, 5.41) is 9.88. The largest absolute Gasteiger partial charge is 0.478 e. The van der Waals surface area contributed by atoms with Gasteiger partial charge in [-0.2, -0.15) is 0 Å². The SMILES string of the molecule is CN1C(CNN)=CC=CC1c1sc2c(c1C(=O)O)CC(C)(C)CC2. The average molecular weight is 347 g/mol. The van der Waals surface area contributed by atoms with E-state index in [1.54, 1.807) is 11.3 Å². The van der Waals surface area contributed by atoms with E-state index in [0.29, 0.717) is 12.1 Å². The first-order valence-corrected chi connectivity index (χ1v) is 9.07. The minimum atomic E-state index is -0.810. The molecule has 0 saturated heterocycles. The monoisotopic (exact) mass is 347 g/mol. The zero-order valence-corrected chi connectivity index (χ0v) is 15.2. The van der Waals surface area contributed by atoms with E-state index in [1.165, 1.54) is 4.88 Å². The van der Waals surface area contributed by atoms with Gasteiger partial charge < -0.3 is 10.0 Å². The number of hydrogen-bond acceptors (Lipinski definition) is 5. The molecule has 130 valence electrons. The van der Waals surface area contributed by atoms with Gasteiger partial charge in [-0.1, -0.05) is 26.0 Å². The maximum Gasteiger partial charge on any atom is 0.337 e. The minimum Gasteiger partial charge on any atom is -0.478 e. The molecule has 1 atom stereocenters. The molecule has 1 aromatic heterocycles. The lowest BCUT2D eigenvalue weighted by molar-refractivity contribution is 0.0693. The first-order valence-electron chi connectivity index (χ1n) is 8.25. The second kappa shape index (κ2) is 6.35. The quantitative estimate of drug-likeness (QED) is 0.577. The number of aryl methyl sites for hydroxylation is 1. The van der Waals surface area contributed by atoms with E-state index in [1.807, 2.05) is 19.2 Å². The summed E-state index contributed by atoms with van der Waals surface area (Å²) in [7, 11) is 1.99. The van der Waals surface area contributed by atoms with Crippen molar-refractivity contribution in [3.05, 3.63) is 44.8 Å². The first-order chi connectivity index (χ1) is 11.3. The van der Waals surface area contributed by atoms with Crippen LogP contribution in [0.15, 0.2) is 23.9 Å². The standard InChI is InChI=1S/C18H25N3O2S/c1-18(2)8-7-14-12(9-18)15(17(22)23)16(24-14)13-6-4-5-11(10-20-19)21(13)3/h4-6,13,20H,7-10,19H2,1-3H3,(H,22,23). The minimum absolute atomic E-state index is 0.0526. The number of carboxylic acid groups (broad SMARTS) is 1. The number of fused-ring (bicyclic) bond motifs is 1. The van der Waals surface area contributed by atoms with E-state index in [4.69, 9.17) is 5.84 Å². The van der Waals surface area contributed by atoms with Gasteiger partial charge in [0.05, 0.1) is 11.6 Å². The number of aromatic carboxylic acids is 1. The molecule has 0 amide bonds. The number of likely N-dealkylation sites (N-methyl/N-ethyl adjacent to an activating group) is 1. The van der Waals surface area contributed by atoms with E-state index < -0.39 is 5.97 Å². The molecule has 1 aromatic rings. The highest BCUT2D eigenvalue weighted by molar-refractivity contribution is 7.12. The number of allylic oxidation sites excluding steroid dienone is 2. The molecule has 2 aliphatic rings. The Labute approximate surface area is 146 Å². The van der Waals surface area contributed by atoms with Crippen LogP contribution in [-0.4, -0.2) is 29.6 Å². The molecule has 5 nitrogen and oxygen atoms in total. The fraction of sp³-hybridized carbons (Fsp3) is 0.500. The Morgan fingerprint density at radius 3 is 2.96 bits per heavy atom. The third-order valence-corrected chi connectivity index (χ3v) is 6.38. The van der Waals surface area contributed by atoms with Gasteiger partial charge in [0.1, 0.15) is 0 Å². The molecule has 4 N–H and O–H groups in total. The maximum atomic E-state index is 12.0. The van der Waals surface area contributed by atoms with Crippen molar-refractivity contribution in [2.75, 3.05) is 13.6 Å². The number of hydrogen-bond donors (Lipinski definition) is 3. The van der Waals surface area contributed by atoms with Crippen molar-refractivity contribution in [1.82, 2.24) is 10.3 Å². The van der Waals surface area contributed by atoms with E-state index in [9.17, 15) is 9.90 Å².